The molecule has 0 spiro atoms. The van der Waals surface area contributed by atoms with E-state index in [-0.39, 0.29) is 12.3 Å². The van der Waals surface area contributed by atoms with Crippen molar-refractivity contribution in [2.24, 2.45) is 0 Å². The summed E-state index contributed by atoms with van der Waals surface area (Å²) in [5.74, 6) is 0.589. The van der Waals surface area contributed by atoms with Crippen LogP contribution in [0, 0.1) is 6.92 Å². The first-order valence-electron chi connectivity index (χ1n) is 7.52. The second kappa shape index (κ2) is 6.60. The quantitative estimate of drug-likeness (QED) is 0.936. The number of benzene rings is 2. The number of aryl methyl sites for hydroxylation is 1. The van der Waals surface area contributed by atoms with Crippen molar-refractivity contribution in [2.45, 2.75) is 19.4 Å². The number of ether oxygens (including phenoxy) is 1. The van der Waals surface area contributed by atoms with Gasteiger partial charge in [0.25, 0.3) is 0 Å². The Bertz CT molecular complexity index is 715. The van der Waals surface area contributed by atoms with E-state index >= 15 is 0 Å². The summed E-state index contributed by atoms with van der Waals surface area (Å²) >= 11 is 5.84. The summed E-state index contributed by atoms with van der Waals surface area (Å²) < 4.78 is 5.62. The number of rotatable bonds is 3. The molecule has 1 N–H and O–H groups in total. The van der Waals surface area contributed by atoms with Crippen LogP contribution in [-0.4, -0.2) is 24.2 Å². The molecule has 0 bridgehead atoms. The predicted molar refractivity (Wildman–Crippen MR) is 90.1 cm³/mol. The molecule has 0 saturated carbocycles. The van der Waals surface area contributed by atoms with Gasteiger partial charge in [-0.3, -0.25) is 4.79 Å². The van der Waals surface area contributed by atoms with Gasteiger partial charge in [0, 0.05) is 5.02 Å². The lowest BCUT2D eigenvalue weighted by atomic mass is 10.1. The summed E-state index contributed by atoms with van der Waals surface area (Å²) in [5, 5.41) is 10.9. The van der Waals surface area contributed by atoms with E-state index in [1.807, 2.05) is 25.1 Å². The van der Waals surface area contributed by atoms with Gasteiger partial charge in [-0.2, -0.15) is 0 Å². The Morgan fingerprint density at radius 1 is 1.30 bits per heavy atom. The fraction of sp³-hybridized carbons (Fsp3) is 0.278. The van der Waals surface area contributed by atoms with Crippen LogP contribution in [0.2, 0.25) is 5.02 Å². The van der Waals surface area contributed by atoms with E-state index in [4.69, 9.17) is 16.3 Å². The van der Waals surface area contributed by atoms with Gasteiger partial charge in [0.15, 0.2) is 0 Å². The van der Waals surface area contributed by atoms with Gasteiger partial charge in [-0.05, 0) is 42.3 Å². The van der Waals surface area contributed by atoms with Gasteiger partial charge in [0.2, 0.25) is 5.91 Å². The maximum absolute atomic E-state index is 12.6. The minimum Gasteiger partial charge on any atom is -0.490 e. The summed E-state index contributed by atoms with van der Waals surface area (Å²) in [6.07, 6.45) is -0.828. The van der Waals surface area contributed by atoms with Gasteiger partial charge in [0.1, 0.15) is 12.4 Å². The van der Waals surface area contributed by atoms with Crippen molar-refractivity contribution in [1.29, 1.82) is 0 Å². The fourth-order valence-corrected chi connectivity index (χ4v) is 2.79. The predicted octanol–water partition coefficient (Wildman–Crippen LogP) is 3.50. The van der Waals surface area contributed by atoms with Crippen LogP contribution >= 0.6 is 11.6 Å². The van der Waals surface area contributed by atoms with E-state index < -0.39 is 6.10 Å². The van der Waals surface area contributed by atoms with Gasteiger partial charge in [-0.1, -0.05) is 29.8 Å². The summed E-state index contributed by atoms with van der Waals surface area (Å²) in [4.78, 5) is 14.3. The maximum atomic E-state index is 12.6. The van der Waals surface area contributed by atoms with Crippen molar-refractivity contribution in [2.75, 3.05) is 18.1 Å². The third kappa shape index (κ3) is 3.49. The Labute approximate surface area is 140 Å². The molecule has 2 aromatic rings. The molecule has 0 aliphatic carbocycles. The third-order valence-corrected chi connectivity index (χ3v) is 4.15. The Morgan fingerprint density at radius 3 is 2.78 bits per heavy atom. The number of nitrogens with zero attached hydrogens (tertiary/aromatic N) is 1. The number of aliphatic hydroxyl groups excluding tert-OH is 1. The van der Waals surface area contributed by atoms with Crippen LogP contribution in [0.5, 0.6) is 5.75 Å². The zero-order valence-electron chi connectivity index (χ0n) is 12.8. The number of fused-ring (bicyclic) bond motifs is 1. The molecule has 23 heavy (non-hydrogen) atoms. The van der Waals surface area contributed by atoms with Crippen molar-refractivity contribution in [3.63, 3.8) is 0 Å². The fourth-order valence-electron chi connectivity index (χ4n) is 2.66. The number of halogens is 1. The molecule has 120 valence electrons. The van der Waals surface area contributed by atoms with E-state index in [1.54, 1.807) is 29.2 Å². The molecule has 2 aromatic carbocycles. The lowest BCUT2D eigenvalue weighted by molar-refractivity contribution is -0.120. The molecule has 4 nitrogen and oxygen atoms in total. The van der Waals surface area contributed by atoms with Gasteiger partial charge in [-0.25, -0.2) is 0 Å². The van der Waals surface area contributed by atoms with Crippen LogP contribution in [0.25, 0.3) is 0 Å². The van der Waals surface area contributed by atoms with Gasteiger partial charge in [0.05, 0.1) is 24.8 Å². The van der Waals surface area contributed by atoms with E-state index in [0.29, 0.717) is 29.5 Å². The molecule has 0 fully saturated rings. The SMILES string of the molecule is Cc1ccc2c(c1)OCCN2C(=O)CC(O)c1ccc(Cl)cc1. The Balaban J connectivity index is 1.75. The summed E-state index contributed by atoms with van der Waals surface area (Å²) in [6, 6.07) is 12.6. The smallest absolute Gasteiger partial charge is 0.230 e. The van der Waals surface area contributed by atoms with Gasteiger partial charge < -0.3 is 14.7 Å². The minimum atomic E-state index is -0.850. The van der Waals surface area contributed by atoms with Crippen molar-refractivity contribution in [3.05, 3.63) is 58.6 Å². The summed E-state index contributed by atoms with van der Waals surface area (Å²) in [7, 11) is 0. The van der Waals surface area contributed by atoms with E-state index in [0.717, 1.165) is 11.3 Å². The van der Waals surface area contributed by atoms with Gasteiger partial charge in [-0.15, -0.1) is 0 Å². The highest BCUT2D eigenvalue weighted by Crippen LogP contribution is 2.33. The second-order valence-electron chi connectivity index (χ2n) is 5.64. The highest BCUT2D eigenvalue weighted by molar-refractivity contribution is 6.30. The first-order valence-corrected chi connectivity index (χ1v) is 7.90. The van der Waals surface area contributed by atoms with E-state index in [9.17, 15) is 9.90 Å². The lowest BCUT2D eigenvalue weighted by Crippen LogP contribution is -2.38. The Hall–Kier alpha value is -2.04. The average molecular weight is 332 g/mol. The normalized spacial score (nSPS) is 14.8. The monoisotopic (exact) mass is 331 g/mol. The van der Waals surface area contributed by atoms with E-state index in [2.05, 4.69) is 0 Å². The molecule has 3 rings (SSSR count). The number of carbonyl (C=O) groups is 1. The first kappa shape index (κ1) is 15.8. The maximum Gasteiger partial charge on any atom is 0.230 e. The number of amides is 1. The van der Waals surface area contributed by atoms with Crippen LogP contribution in [-0.2, 0) is 4.79 Å². The zero-order chi connectivity index (χ0) is 16.4. The van der Waals surface area contributed by atoms with Crippen LogP contribution in [0.4, 0.5) is 5.69 Å². The van der Waals surface area contributed by atoms with Crippen LogP contribution in [0.3, 0.4) is 0 Å². The van der Waals surface area contributed by atoms with Crippen molar-refractivity contribution < 1.29 is 14.6 Å². The number of aliphatic hydroxyl groups is 1. The molecular formula is C18H18ClNO3. The second-order valence-corrected chi connectivity index (χ2v) is 6.07. The van der Waals surface area contributed by atoms with Crippen molar-refractivity contribution in [1.82, 2.24) is 0 Å². The Kier molecular flexibility index (Phi) is 4.55. The number of anilines is 1. The van der Waals surface area contributed by atoms with Crippen molar-refractivity contribution >= 4 is 23.2 Å². The third-order valence-electron chi connectivity index (χ3n) is 3.90. The first-order chi connectivity index (χ1) is 11.0. The molecule has 0 aromatic heterocycles. The lowest BCUT2D eigenvalue weighted by Gasteiger charge is -2.30. The summed E-state index contributed by atoms with van der Waals surface area (Å²) in [6.45, 7) is 2.93. The highest BCUT2D eigenvalue weighted by atomic mass is 35.5. The topological polar surface area (TPSA) is 49.8 Å². The zero-order valence-corrected chi connectivity index (χ0v) is 13.6. The van der Waals surface area contributed by atoms with Crippen LogP contribution < -0.4 is 9.64 Å². The van der Waals surface area contributed by atoms with E-state index in [1.165, 1.54) is 0 Å². The molecule has 1 unspecified atom stereocenters. The molecule has 1 amide bonds. The molecule has 1 aliphatic heterocycles. The van der Waals surface area contributed by atoms with Crippen molar-refractivity contribution in [3.8, 4) is 5.75 Å². The number of hydrogen-bond donors (Lipinski definition) is 1. The molecule has 0 saturated heterocycles. The molecular weight excluding hydrogens is 314 g/mol. The minimum absolute atomic E-state index is 0.0228. The van der Waals surface area contributed by atoms with Gasteiger partial charge >= 0.3 is 0 Å². The molecule has 1 atom stereocenters. The molecule has 0 radical (unpaired) electrons. The number of hydrogen-bond acceptors (Lipinski definition) is 3. The molecule has 1 heterocycles. The average Bonchev–Trinajstić information content (AvgIpc) is 2.54. The number of carbonyl (C=O) groups excluding carboxylic acids is 1. The Morgan fingerprint density at radius 2 is 2.04 bits per heavy atom. The summed E-state index contributed by atoms with van der Waals surface area (Å²) in [5.41, 5.74) is 2.52. The highest BCUT2D eigenvalue weighted by Gasteiger charge is 2.25. The molecule has 1 aliphatic rings. The largest absolute Gasteiger partial charge is 0.490 e. The molecule has 5 heteroatoms. The van der Waals surface area contributed by atoms with Crippen LogP contribution in [0.15, 0.2) is 42.5 Å². The van der Waals surface area contributed by atoms with Crippen LogP contribution in [0.1, 0.15) is 23.7 Å². The standard InChI is InChI=1S/C18H18ClNO3/c1-12-2-7-15-17(10-12)23-9-8-20(15)18(22)11-16(21)13-3-5-14(19)6-4-13/h2-7,10,16,21H,8-9,11H2,1H3.